The summed E-state index contributed by atoms with van der Waals surface area (Å²) in [7, 11) is 0. The highest BCUT2D eigenvalue weighted by molar-refractivity contribution is 5.80. The van der Waals surface area contributed by atoms with Crippen LogP contribution >= 0.6 is 0 Å². The van der Waals surface area contributed by atoms with E-state index < -0.39 is 0 Å². The van der Waals surface area contributed by atoms with E-state index in [1.54, 1.807) is 9.42 Å². The van der Waals surface area contributed by atoms with Gasteiger partial charge in [0.2, 0.25) is 5.91 Å². The van der Waals surface area contributed by atoms with E-state index in [1.807, 2.05) is 19.9 Å². The standard InChI is InChI=1S/C21H26N6O2/c1-12-15(13(2)24-23-12)8-20(28)26-10-16-18(11-26)22-19-9-17(25-27(19)21(16)29)14-6-4-3-5-7-14/h9,14,25H,3-8,10-11H2,1-2H3,(H,23,24). The van der Waals surface area contributed by atoms with Crippen LogP contribution in [0.2, 0.25) is 0 Å². The number of hydrogen-bond donors (Lipinski definition) is 2. The summed E-state index contributed by atoms with van der Waals surface area (Å²) < 4.78 is 1.56. The molecule has 3 aromatic heterocycles. The summed E-state index contributed by atoms with van der Waals surface area (Å²) in [6, 6.07) is 2.01. The van der Waals surface area contributed by atoms with Crippen LogP contribution in [0.15, 0.2) is 10.9 Å². The number of carbonyl (C=O) groups is 1. The Balaban J connectivity index is 1.40. The van der Waals surface area contributed by atoms with Crippen molar-refractivity contribution in [3.63, 3.8) is 0 Å². The quantitative estimate of drug-likeness (QED) is 0.713. The fourth-order valence-corrected chi connectivity index (χ4v) is 4.74. The van der Waals surface area contributed by atoms with Crippen molar-refractivity contribution in [3.05, 3.63) is 50.3 Å². The number of hydrogen-bond acceptors (Lipinski definition) is 4. The molecule has 8 nitrogen and oxygen atoms in total. The first-order valence-corrected chi connectivity index (χ1v) is 10.4. The van der Waals surface area contributed by atoms with Crippen LogP contribution in [-0.2, 0) is 24.3 Å². The first-order valence-electron chi connectivity index (χ1n) is 10.4. The van der Waals surface area contributed by atoms with Gasteiger partial charge in [0, 0.05) is 28.9 Å². The molecule has 2 N–H and O–H groups in total. The number of nitrogens with zero attached hydrogens (tertiary/aromatic N) is 4. The number of nitrogens with one attached hydrogen (secondary N) is 2. The van der Waals surface area contributed by atoms with Crippen LogP contribution in [0.3, 0.4) is 0 Å². The van der Waals surface area contributed by atoms with Gasteiger partial charge in [-0.05, 0) is 26.7 Å². The van der Waals surface area contributed by atoms with Gasteiger partial charge >= 0.3 is 0 Å². The number of H-pyrrole nitrogens is 2. The Kier molecular flexibility index (Phi) is 4.29. The molecule has 0 aromatic carbocycles. The molecule has 0 bridgehead atoms. The van der Waals surface area contributed by atoms with Crippen LogP contribution < -0.4 is 5.56 Å². The third kappa shape index (κ3) is 3.07. The molecule has 0 atom stereocenters. The molecule has 4 heterocycles. The summed E-state index contributed by atoms with van der Waals surface area (Å²) in [5.41, 5.74) is 5.70. The third-order valence-corrected chi connectivity index (χ3v) is 6.51. The minimum absolute atomic E-state index is 0.00782. The van der Waals surface area contributed by atoms with E-state index in [4.69, 9.17) is 4.98 Å². The minimum atomic E-state index is -0.0852. The Hall–Kier alpha value is -2.90. The van der Waals surface area contributed by atoms with Gasteiger partial charge in [-0.25, -0.2) is 9.50 Å². The molecule has 3 aromatic rings. The first-order chi connectivity index (χ1) is 14.0. The van der Waals surface area contributed by atoms with Gasteiger partial charge in [0.1, 0.15) is 0 Å². The summed E-state index contributed by atoms with van der Waals surface area (Å²) in [6.45, 7) is 4.52. The highest BCUT2D eigenvalue weighted by atomic mass is 16.2. The maximum Gasteiger partial charge on any atom is 0.278 e. The van der Waals surface area contributed by atoms with Crippen LogP contribution in [0.5, 0.6) is 0 Å². The van der Waals surface area contributed by atoms with Crippen LogP contribution in [0.1, 0.15) is 71.9 Å². The van der Waals surface area contributed by atoms with Crippen molar-refractivity contribution in [3.8, 4) is 0 Å². The van der Waals surface area contributed by atoms with Crippen molar-refractivity contribution < 1.29 is 4.79 Å². The fraction of sp³-hybridized carbons (Fsp3) is 0.524. The van der Waals surface area contributed by atoms with Gasteiger partial charge in [0.25, 0.3) is 5.56 Å². The zero-order valence-corrected chi connectivity index (χ0v) is 16.9. The largest absolute Gasteiger partial charge is 0.332 e. The van der Waals surface area contributed by atoms with Crippen LogP contribution in [0, 0.1) is 13.8 Å². The number of aromatic nitrogens is 5. The van der Waals surface area contributed by atoms with Gasteiger partial charge in [-0.3, -0.25) is 19.8 Å². The zero-order valence-electron chi connectivity index (χ0n) is 16.9. The summed E-state index contributed by atoms with van der Waals surface area (Å²) >= 11 is 0. The molecule has 5 rings (SSSR count). The minimum Gasteiger partial charge on any atom is -0.332 e. The van der Waals surface area contributed by atoms with E-state index >= 15 is 0 Å². The van der Waals surface area contributed by atoms with E-state index in [1.165, 1.54) is 19.3 Å². The van der Waals surface area contributed by atoms with Gasteiger partial charge < -0.3 is 4.90 Å². The van der Waals surface area contributed by atoms with E-state index in [2.05, 4.69) is 15.3 Å². The smallest absolute Gasteiger partial charge is 0.278 e. The molecule has 1 aliphatic heterocycles. The summed E-state index contributed by atoms with van der Waals surface area (Å²) in [5.74, 6) is 0.478. The van der Waals surface area contributed by atoms with Crippen molar-refractivity contribution in [2.45, 2.75) is 71.4 Å². The Bertz CT molecular complexity index is 1130. The second kappa shape index (κ2) is 6.86. The van der Waals surface area contributed by atoms with Gasteiger partial charge in [-0.2, -0.15) is 5.10 Å². The molecule has 1 amide bonds. The first kappa shape index (κ1) is 18.1. The molecule has 8 heteroatoms. The molecule has 1 saturated carbocycles. The fourth-order valence-electron chi connectivity index (χ4n) is 4.74. The highest BCUT2D eigenvalue weighted by Gasteiger charge is 2.29. The molecule has 2 aliphatic rings. The summed E-state index contributed by atoms with van der Waals surface area (Å²) in [6.07, 6.45) is 6.39. The van der Waals surface area contributed by atoms with Crippen molar-refractivity contribution in [2.75, 3.05) is 0 Å². The normalized spacial score (nSPS) is 17.2. The number of aromatic amines is 2. The van der Waals surface area contributed by atoms with E-state index in [9.17, 15) is 9.59 Å². The number of rotatable bonds is 3. The maximum atomic E-state index is 13.0. The number of amides is 1. The Morgan fingerprint density at radius 3 is 2.72 bits per heavy atom. The Morgan fingerprint density at radius 2 is 2.00 bits per heavy atom. The topological polar surface area (TPSA) is 99.2 Å². The molecular formula is C21H26N6O2. The van der Waals surface area contributed by atoms with E-state index in [-0.39, 0.29) is 17.9 Å². The second-order valence-corrected chi connectivity index (χ2v) is 8.42. The number of aryl methyl sites for hydroxylation is 2. The molecule has 1 fully saturated rings. The van der Waals surface area contributed by atoms with E-state index in [0.29, 0.717) is 30.2 Å². The predicted octanol–water partition coefficient (Wildman–Crippen LogP) is 2.50. The van der Waals surface area contributed by atoms with Crippen LogP contribution in [-0.4, -0.2) is 35.6 Å². The zero-order chi connectivity index (χ0) is 20.1. The van der Waals surface area contributed by atoms with Crippen molar-refractivity contribution >= 4 is 11.6 Å². The molecule has 1 aliphatic carbocycles. The lowest BCUT2D eigenvalue weighted by Crippen LogP contribution is -2.28. The maximum absolute atomic E-state index is 13.0. The highest BCUT2D eigenvalue weighted by Crippen LogP contribution is 2.32. The Morgan fingerprint density at radius 1 is 1.21 bits per heavy atom. The van der Waals surface area contributed by atoms with Crippen LogP contribution in [0.4, 0.5) is 0 Å². The number of carbonyl (C=O) groups excluding carboxylic acids is 1. The lowest BCUT2D eigenvalue weighted by atomic mass is 9.87. The van der Waals surface area contributed by atoms with Gasteiger partial charge in [-0.1, -0.05) is 19.3 Å². The van der Waals surface area contributed by atoms with Gasteiger partial charge in [0.15, 0.2) is 5.65 Å². The average Bonchev–Trinajstić information content (AvgIpc) is 3.42. The Labute approximate surface area is 168 Å². The monoisotopic (exact) mass is 394 g/mol. The molecular weight excluding hydrogens is 368 g/mol. The van der Waals surface area contributed by atoms with Crippen LogP contribution in [0.25, 0.3) is 5.65 Å². The lowest BCUT2D eigenvalue weighted by molar-refractivity contribution is -0.131. The SMILES string of the molecule is Cc1n[nH]c(C)c1CC(=O)N1Cc2nc3cc(C4CCCCC4)[nH]n3c(=O)c2C1. The lowest BCUT2D eigenvalue weighted by Gasteiger charge is -2.19. The van der Waals surface area contributed by atoms with Gasteiger partial charge in [-0.15, -0.1) is 0 Å². The molecule has 152 valence electrons. The van der Waals surface area contributed by atoms with Crippen molar-refractivity contribution in [1.29, 1.82) is 0 Å². The van der Waals surface area contributed by atoms with E-state index in [0.717, 1.165) is 41.2 Å². The summed E-state index contributed by atoms with van der Waals surface area (Å²) in [4.78, 5) is 32.3. The van der Waals surface area contributed by atoms with Gasteiger partial charge in [0.05, 0.1) is 36.5 Å². The molecule has 0 saturated heterocycles. The number of fused-ring (bicyclic) bond motifs is 2. The molecule has 0 spiro atoms. The second-order valence-electron chi connectivity index (χ2n) is 8.42. The molecule has 29 heavy (non-hydrogen) atoms. The van der Waals surface area contributed by atoms with Crippen molar-refractivity contribution in [2.24, 2.45) is 0 Å². The molecule has 0 unspecified atom stereocenters. The predicted molar refractivity (Wildman–Crippen MR) is 108 cm³/mol. The molecule has 0 radical (unpaired) electrons. The van der Waals surface area contributed by atoms with Crippen molar-refractivity contribution in [1.82, 2.24) is 29.7 Å². The summed E-state index contributed by atoms with van der Waals surface area (Å²) in [5, 5.41) is 10.4. The third-order valence-electron chi connectivity index (χ3n) is 6.51. The average molecular weight is 394 g/mol.